The standard InChI is InChI=1S/C18H26N2O5S/c1-4-20(5-2)26(24,25)15-9-7-14(8-10-15)16(21)19-12-6-11-18(3,13-19)17(22)23/h7-10H,4-6,11-13H2,1-3H3,(H,22,23). The summed E-state index contributed by atoms with van der Waals surface area (Å²) in [6.45, 7) is 6.60. The first-order valence-electron chi connectivity index (χ1n) is 8.78. The van der Waals surface area contributed by atoms with E-state index in [0.717, 1.165) is 0 Å². The van der Waals surface area contributed by atoms with Crippen LogP contribution in [-0.2, 0) is 14.8 Å². The molecule has 0 spiro atoms. The van der Waals surface area contributed by atoms with Gasteiger partial charge >= 0.3 is 5.97 Å². The smallest absolute Gasteiger partial charge is 0.311 e. The van der Waals surface area contributed by atoms with E-state index in [1.54, 1.807) is 20.8 Å². The number of amides is 1. The molecule has 1 fully saturated rings. The minimum atomic E-state index is -3.57. The molecule has 1 aliphatic heterocycles. The van der Waals surface area contributed by atoms with Gasteiger partial charge in [0.25, 0.3) is 5.91 Å². The first-order valence-corrected chi connectivity index (χ1v) is 10.2. The maximum absolute atomic E-state index is 12.7. The van der Waals surface area contributed by atoms with Crippen molar-refractivity contribution in [3.8, 4) is 0 Å². The van der Waals surface area contributed by atoms with Gasteiger partial charge in [0.2, 0.25) is 10.0 Å². The van der Waals surface area contributed by atoms with Gasteiger partial charge in [-0.2, -0.15) is 4.31 Å². The fourth-order valence-electron chi connectivity index (χ4n) is 3.25. The second-order valence-corrected chi connectivity index (χ2v) is 8.75. The zero-order valence-corrected chi connectivity index (χ0v) is 16.3. The third kappa shape index (κ3) is 3.91. The third-order valence-electron chi connectivity index (χ3n) is 4.94. The van der Waals surface area contributed by atoms with E-state index in [-0.39, 0.29) is 17.3 Å². The Hall–Kier alpha value is -1.93. The number of hydrogen-bond acceptors (Lipinski definition) is 4. The van der Waals surface area contributed by atoms with Gasteiger partial charge in [0.1, 0.15) is 0 Å². The van der Waals surface area contributed by atoms with E-state index < -0.39 is 21.4 Å². The molecule has 2 rings (SSSR count). The molecular formula is C18H26N2O5S. The van der Waals surface area contributed by atoms with Crippen LogP contribution in [0.25, 0.3) is 0 Å². The number of carboxylic acids is 1. The van der Waals surface area contributed by atoms with E-state index in [1.807, 2.05) is 0 Å². The van der Waals surface area contributed by atoms with Gasteiger partial charge in [-0.15, -0.1) is 0 Å². The van der Waals surface area contributed by atoms with E-state index in [4.69, 9.17) is 0 Å². The molecule has 1 aliphatic rings. The lowest BCUT2D eigenvalue weighted by atomic mass is 9.82. The van der Waals surface area contributed by atoms with Gasteiger partial charge in [-0.25, -0.2) is 8.42 Å². The predicted octanol–water partition coefficient (Wildman–Crippen LogP) is 2.04. The summed E-state index contributed by atoms with van der Waals surface area (Å²) in [7, 11) is -3.57. The van der Waals surface area contributed by atoms with Crippen LogP contribution in [0.3, 0.4) is 0 Å². The van der Waals surface area contributed by atoms with E-state index in [0.29, 0.717) is 38.0 Å². The summed E-state index contributed by atoms with van der Waals surface area (Å²) in [4.78, 5) is 25.8. The highest BCUT2D eigenvalue weighted by atomic mass is 32.2. The minimum absolute atomic E-state index is 0.145. The molecule has 0 radical (unpaired) electrons. The summed E-state index contributed by atoms with van der Waals surface area (Å²) in [6.07, 6.45) is 1.16. The van der Waals surface area contributed by atoms with Crippen molar-refractivity contribution < 1.29 is 23.1 Å². The van der Waals surface area contributed by atoms with Crippen LogP contribution in [-0.4, -0.2) is 60.8 Å². The normalized spacial score (nSPS) is 21.0. The molecule has 8 heteroatoms. The summed E-state index contributed by atoms with van der Waals surface area (Å²) in [5.41, 5.74) is -0.585. The molecule has 1 saturated heterocycles. The molecule has 1 atom stereocenters. The van der Waals surface area contributed by atoms with Gasteiger partial charge in [0.05, 0.1) is 10.3 Å². The Labute approximate surface area is 154 Å². The predicted molar refractivity (Wildman–Crippen MR) is 97.4 cm³/mol. The summed E-state index contributed by atoms with van der Waals surface area (Å²) >= 11 is 0. The van der Waals surface area contributed by atoms with Gasteiger partial charge in [-0.1, -0.05) is 13.8 Å². The lowest BCUT2D eigenvalue weighted by Crippen LogP contribution is -2.48. The molecule has 0 aliphatic carbocycles. The van der Waals surface area contributed by atoms with Crippen LogP contribution in [0.4, 0.5) is 0 Å². The van der Waals surface area contributed by atoms with Crippen molar-refractivity contribution in [2.24, 2.45) is 5.41 Å². The number of aliphatic carboxylic acids is 1. The fraction of sp³-hybridized carbons (Fsp3) is 0.556. The Balaban J connectivity index is 2.20. The van der Waals surface area contributed by atoms with Crippen LogP contribution in [0.5, 0.6) is 0 Å². The Kier molecular flexibility index (Phi) is 6.08. The van der Waals surface area contributed by atoms with Crippen LogP contribution >= 0.6 is 0 Å². The molecule has 1 unspecified atom stereocenters. The monoisotopic (exact) mass is 382 g/mol. The van der Waals surface area contributed by atoms with Crippen molar-refractivity contribution in [1.82, 2.24) is 9.21 Å². The number of piperidine rings is 1. The highest BCUT2D eigenvalue weighted by Gasteiger charge is 2.39. The van der Waals surface area contributed by atoms with Crippen molar-refractivity contribution >= 4 is 21.9 Å². The largest absolute Gasteiger partial charge is 0.481 e. The molecule has 1 N–H and O–H groups in total. The van der Waals surface area contributed by atoms with Crippen LogP contribution in [0.15, 0.2) is 29.2 Å². The van der Waals surface area contributed by atoms with Gasteiger partial charge in [0, 0.05) is 31.7 Å². The SMILES string of the molecule is CCN(CC)S(=O)(=O)c1ccc(C(=O)N2CCCC(C)(C(=O)O)C2)cc1. The molecule has 1 heterocycles. The maximum atomic E-state index is 12.7. The van der Waals surface area contributed by atoms with Crippen molar-refractivity contribution in [3.63, 3.8) is 0 Å². The van der Waals surface area contributed by atoms with Crippen molar-refractivity contribution in [2.45, 2.75) is 38.5 Å². The number of sulfonamides is 1. The van der Waals surface area contributed by atoms with Crippen LogP contribution in [0.2, 0.25) is 0 Å². The lowest BCUT2D eigenvalue weighted by molar-refractivity contribution is -0.150. The number of carbonyl (C=O) groups excluding carboxylic acids is 1. The van der Waals surface area contributed by atoms with Gasteiger partial charge in [-0.3, -0.25) is 9.59 Å². The molecule has 26 heavy (non-hydrogen) atoms. The molecule has 0 aromatic heterocycles. The molecule has 144 valence electrons. The van der Waals surface area contributed by atoms with E-state index in [9.17, 15) is 23.1 Å². The van der Waals surface area contributed by atoms with Crippen LogP contribution in [0, 0.1) is 5.41 Å². The van der Waals surface area contributed by atoms with Crippen LogP contribution < -0.4 is 0 Å². The Morgan fingerprint density at radius 1 is 1.19 bits per heavy atom. The second kappa shape index (κ2) is 7.75. The summed E-state index contributed by atoms with van der Waals surface area (Å²) in [5, 5.41) is 9.38. The molecule has 1 aromatic rings. The molecular weight excluding hydrogens is 356 g/mol. The third-order valence-corrected chi connectivity index (χ3v) is 7.01. The average molecular weight is 382 g/mol. The number of carbonyl (C=O) groups is 2. The van der Waals surface area contributed by atoms with Gasteiger partial charge in [-0.05, 0) is 44.0 Å². The Morgan fingerprint density at radius 3 is 2.27 bits per heavy atom. The van der Waals surface area contributed by atoms with E-state index >= 15 is 0 Å². The number of likely N-dealkylation sites (tertiary alicyclic amines) is 1. The Bertz CT molecular complexity index is 771. The zero-order chi connectivity index (χ0) is 19.5. The van der Waals surface area contributed by atoms with Crippen molar-refractivity contribution in [2.75, 3.05) is 26.2 Å². The molecule has 0 saturated carbocycles. The van der Waals surface area contributed by atoms with Crippen molar-refractivity contribution in [3.05, 3.63) is 29.8 Å². The number of carboxylic acid groups (broad SMARTS) is 1. The minimum Gasteiger partial charge on any atom is -0.481 e. The van der Waals surface area contributed by atoms with Gasteiger partial charge in [0.15, 0.2) is 0 Å². The zero-order valence-electron chi connectivity index (χ0n) is 15.4. The van der Waals surface area contributed by atoms with E-state index in [1.165, 1.54) is 33.5 Å². The molecule has 1 aromatic carbocycles. The van der Waals surface area contributed by atoms with Gasteiger partial charge < -0.3 is 10.0 Å². The number of benzene rings is 1. The quantitative estimate of drug-likeness (QED) is 0.812. The first kappa shape index (κ1) is 20.4. The molecule has 1 amide bonds. The Morgan fingerprint density at radius 2 is 1.77 bits per heavy atom. The molecule has 7 nitrogen and oxygen atoms in total. The first-order chi connectivity index (χ1) is 12.2. The second-order valence-electron chi connectivity index (χ2n) is 6.81. The van der Waals surface area contributed by atoms with E-state index in [2.05, 4.69) is 0 Å². The summed E-state index contributed by atoms with van der Waals surface area (Å²) in [5.74, 6) is -1.18. The highest BCUT2D eigenvalue weighted by Crippen LogP contribution is 2.30. The molecule has 0 bridgehead atoms. The average Bonchev–Trinajstić information content (AvgIpc) is 2.62. The topological polar surface area (TPSA) is 95.0 Å². The maximum Gasteiger partial charge on any atom is 0.311 e. The van der Waals surface area contributed by atoms with Crippen LogP contribution in [0.1, 0.15) is 44.0 Å². The van der Waals surface area contributed by atoms with Crippen molar-refractivity contribution in [1.29, 1.82) is 0 Å². The summed E-state index contributed by atoms with van der Waals surface area (Å²) in [6, 6.07) is 5.85. The number of rotatable bonds is 6. The lowest BCUT2D eigenvalue weighted by Gasteiger charge is -2.37. The fourth-order valence-corrected chi connectivity index (χ4v) is 4.71. The number of nitrogens with zero attached hydrogens (tertiary/aromatic N) is 2. The highest BCUT2D eigenvalue weighted by molar-refractivity contribution is 7.89. The summed E-state index contributed by atoms with van der Waals surface area (Å²) < 4.78 is 26.4. The number of hydrogen-bond donors (Lipinski definition) is 1.